The van der Waals surface area contributed by atoms with Crippen LogP contribution in [-0.2, 0) is 6.54 Å². The standard InChI is InChI=1S/C23H19ClFN5/c1-2-30-20-11-17(15-7-9-27-22-16(15)8-10-28-22)18(25)12-19(20)29-23(30)21(26)13-3-5-14(24)6-4-13/h3-12,21H,2,26H2,1H3,(H,27,28). The summed E-state index contributed by atoms with van der Waals surface area (Å²) in [6, 6.07) is 14.0. The van der Waals surface area contributed by atoms with E-state index in [1.165, 1.54) is 6.07 Å². The van der Waals surface area contributed by atoms with Crippen LogP contribution in [0.2, 0.25) is 5.02 Å². The molecule has 5 aromatic rings. The Hall–Kier alpha value is -3.22. The molecule has 0 radical (unpaired) electrons. The van der Waals surface area contributed by atoms with Crippen molar-refractivity contribution in [2.45, 2.75) is 19.5 Å². The van der Waals surface area contributed by atoms with Gasteiger partial charge in [-0.05, 0) is 48.4 Å². The third-order valence-electron chi connectivity index (χ3n) is 5.44. The molecule has 0 saturated heterocycles. The summed E-state index contributed by atoms with van der Waals surface area (Å²) in [6.45, 7) is 2.69. The molecule has 150 valence electrons. The van der Waals surface area contributed by atoms with Gasteiger partial charge in [-0.2, -0.15) is 0 Å². The molecule has 0 saturated carbocycles. The maximum Gasteiger partial charge on any atom is 0.137 e. The quantitative estimate of drug-likeness (QED) is 0.407. The maximum atomic E-state index is 15.1. The van der Waals surface area contributed by atoms with E-state index in [0.29, 0.717) is 28.5 Å². The second-order valence-corrected chi connectivity index (χ2v) is 7.60. The second-order valence-electron chi connectivity index (χ2n) is 7.16. The summed E-state index contributed by atoms with van der Waals surface area (Å²) in [6.07, 6.45) is 3.48. The molecule has 3 heterocycles. The van der Waals surface area contributed by atoms with Crippen molar-refractivity contribution in [2.24, 2.45) is 5.73 Å². The van der Waals surface area contributed by atoms with Gasteiger partial charge in [-0.3, -0.25) is 0 Å². The van der Waals surface area contributed by atoms with Gasteiger partial charge in [-0.25, -0.2) is 14.4 Å². The van der Waals surface area contributed by atoms with Gasteiger partial charge in [-0.1, -0.05) is 23.7 Å². The fourth-order valence-corrected chi connectivity index (χ4v) is 4.08. The topological polar surface area (TPSA) is 72.5 Å². The van der Waals surface area contributed by atoms with Gasteiger partial charge in [0.2, 0.25) is 0 Å². The van der Waals surface area contributed by atoms with Crippen molar-refractivity contribution >= 4 is 33.7 Å². The van der Waals surface area contributed by atoms with Crippen LogP contribution in [-0.4, -0.2) is 19.5 Å². The van der Waals surface area contributed by atoms with Gasteiger partial charge >= 0.3 is 0 Å². The number of halogens is 2. The van der Waals surface area contributed by atoms with Gasteiger partial charge < -0.3 is 15.3 Å². The van der Waals surface area contributed by atoms with Crippen LogP contribution in [0.15, 0.2) is 60.9 Å². The van der Waals surface area contributed by atoms with Crippen LogP contribution < -0.4 is 5.73 Å². The zero-order valence-corrected chi connectivity index (χ0v) is 17.0. The van der Waals surface area contributed by atoms with Gasteiger partial charge in [0.25, 0.3) is 0 Å². The average Bonchev–Trinajstić information content (AvgIpc) is 3.37. The van der Waals surface area contributed by atoms with Crippen molar-refractivity contribution < 1.29 is 4.39 Å². The first-order chi connectivity index (χ1) is 14.6. The highest BCUT2D eigenvalue weighted by Crippen LogP contribution is 2.33. The molecule has 5 nitrogen and oxygen atoms in total. The number of imidazole rings is 1. The highest BCUT2D eigenvalue weighted by Gasteiger charge is 2.20. The molecule has 0 aliphatic rings. The first-order valence-electron chi connectivity index (χ1n) is 9.70. The van der Waals surface area contributed by atoms with Crippen LogP contribution in [0.25, 0.3) is 33.2 Å². The van der Waals surface area contributed by atoms with Crippen molar-refractivity contribution in [3.8, 4) is 11.1 Å². The van der Waals surface area contributed by atoms with Crippen molar-refractivity contribution in [3.05, 3.63) is 83.2 Å². The number of nitrogens with zero attached hydrogens (tertiary/aromatic N) is 3. The molecular weight excluding hydrogens is 401 g/mol. The van der Waals surface area contributed by atoms with Crippen molar-refractivity contribution in [1.29, 1.82) is 0 Å². The van der Waals surface area contributed by atoms with E-state index in [0.717, 1.165) is 27.7 Å². The van der Waals surface area contributed by atoms with Gasteiger partial charge in [-0.15, -0.1) is 0 Å². The number of hydrogen-bond acceptors (Lipinski definition) is 3. The number of nitrogens with two attached hydrogens (primary N) is 1. The molecule has 1 unspecified atom stereocenters. The van der Waals surface area contributed by atoms with Crippen LogP contribution in [0, 0.1) is 5.82 Å². The first-order valence-corrected chi connectivity index (χ1v) is 10.1. The fraction of sp³-hybridized carbons (Fsp3) is 0.130. The third kappa shape index (κ3) is 2.96. The third-order valence-corrected chi connectivity index (χ3v) is 5.69. The molecule has 5 rings (SSSR count). The monoisotopic (exact) mass is 419 g/mol. The van der Waals surface area contributed by atoms with E-state index < -0.39 is 6.04 Å². The number of pyridine rings is 1. The van der Waals surface area contributed by atoms with Crippen molar-refractivity contribution in [1.82, 2.24) is 19.5 Å². The number of benzene rings is 2. The van der Waals surface area contributed by atoms with Crippen LogP contribution >= 0.6 is 11.6 Å². The molecule has 0 spiro atoms. The van der Waals surface area contributed by atoms with Crippen LogP contribution in [0.3, 0.4) is 0 Å². The van der Waals surface area contributed by atoms with E-state index in [4.69, 9.17) is 17.3 Å². The molecule has 0 fully saturated rings. The lowest BCUT2D eigenvalue weighted by Gasteiger charge is -2.14. The summed E-state index contributed by atoms with van der Waals surface area (Å²) in [7, 11) is 0. The second kappa shape index (κ2) is 7.23. The number of nitrogens with one attached hydrogen (secondary N) is 1. The summed E-state index contributed by atoms with van der Waals surface area (Å²) in [4.78, 5) is 12.0. The van der Waals surface area contributed by atoms with Gasteiger partial charge in [0.05, 0.1) is 17.1 Å². The minimum absolute atomic E-state index is 0.330. The Kier molecular flexibility index (Phi) is 4.53. The van der Waals surface area contributed by atoms with E-state index in [9.17, 15) is 0 Å². The number of fused-ring (bicyclic) bond motifs is 2. The normalized spacial score (nSPS) is 12.7. The van der Waals surface area contributed by atoms with E-state index in [1.807, 2.05) is 41.8 Å². The van der Waals surface area contributed by atoms with E-state index in [2.05, 4.69) is 15.0 Å². The van der Waals surface area contributed by atoms with Gasteiger partial charge in [0, 0.05) is 41.0 Å². The number of aromatic nitrogens is 4. The van der Waals surface area contributed by atoms with Crippen molar-refractivity contribution in [2.75, 3.05) is 0 Å². The zero-order chi connectivity index (χ0) is 20.8. The minimum atomic E-state index is -0.446. The van der Waals surface area contributed by atoms with Crippen LogP contribution in [0.4, 0.5) is 4.39 Å². The number of aromatic amines is 1. The summed E-state index contributed by atoms with van der Waals surface area (Å²) < 4.78 is 17.2. The number of hydrogen-bond donors (Lipinski definition) is 2. The lowest BCUT2D eigenvalue weighted by molar-refractivity contribution is 0.633. The molecule has 0 aliphatic carbocycles. The molecule has 1 atom stereocenters. The zero-order valence-electron chi connectivity index (χ0n) is 16.2. The Morgan fingerprint density at radius 2 is 1.93 bits per heavy atom. The predicted molar refractivity (Wildman–Crippen MR) is 118 cm³/mol. The molecule has 30 heavy (non-hydrogen) atoms. The lowest BCUT2D eigenvalue weighted by atomic mass is 10.0. The number of aryl methyl sites for hydroxylation is 1. The average molecular weight is 420 g/mol. The molecule has 2 aromatic carbocycles. The number of rotatable bonds is 4. The summed E-state index contributed by atoms with van der Waals surface area (Å²) in [5.74, 6) is 0.358. The summed E-state index contributed by atoms with van der Waals surface area (Å²) in [5.41, 5.74) is 10.9. The SMILES string of the molecule is CCn1c(C(N)c2ccc(Cl)cc2)nc2cc(F)c(-c3ccnc4[nH]ccc34)cc21. The molecule has 0 amide bonds. The first kappa shape index (κ1) is 18.8. The van der Waals surface area contributed by atoms with E-state index in [1.54, 1.807) is 24.5 Å². The molecule has 0 bridgehead atoms. The summed E-state index contributed by atoms with van der Waals surface area (Å²) >= 11 is 6.00. The van der Waals surface area contributed by atoms with Crippen LogP contribution in [0.5, 0.6) is 0 Å². The Morgan fingerprint density at radius 1 is 1.13 bits per heavy atom. The summed E-state index contributed by atoms with van der Waals surface area (Å²) in [5, 5.41) is 1.52. The lowest BCUT2D eigenvalue weighted by Crippen LogP contribution is -2.17. The Balaban J connectivity index is 1.69. The minimum Gasteiger partial charge on any atom is -0.346 e. The van der Waals surface area contributed by atoms with Gasteiger partial charge in [0.15, 0.2) is 0 Å². The van der Waals surface area contributed by atoms with E-state index in [-0.39, 0.29) is 5.82 Å². The van der Waals surface area contributed by atoms with E-state index >= 15 is 4.39 Å². The largest absolute Gasteiger partial charge is 0.346 e. The predicted octanol–water partition coefficient (Wildman–Crippen LogP) is 5.44. The molecule has 7 heteroatoms. The Labute approximate surface area is 177 Å². The highest BCUT2D eigenvalue weighted by atomic mass is 35.5. The molecule has 0 aliphatic heterocycles. The fourth-order valence-electron chi connectivity index (χ4n) is 3.96. The van der Waals surface area contributed by atoms with Crippen LogP contribution in [0.1, 0.15) is 24.4 Å². The maximum absolute atomic E-state index is 15.1. The molecule has 3 N–H and O–H groups in total. The van der Waals surface area contributed by atoms with Crippen molar-refractivity contribution in [3.63, 3.8) is 0 Å². The highest BCUT2D eigenvalue weighted by molar-refractivity contribution is 6.30. The number of H-pyrrole nitrogens is 1. The Morgan fingerprint density at radius 3 is 2.70 bits per heavy atom. The Bertz CT molecular complexity index is 1370. The molecule has 3 aromatic heterocycles. The van der Waals surface area contributed by atoms with Gasteiger partial charge in [0.1, 0.15) is 17.3 Å². The molecular formula is C23H19ClFN5. The smallest absolute Gasteiger partial charge is 0.137 e.